The number of carboxylic acids is 1. The third-order valence-corrected chi connectivity index (χ3v) is 3.35. The number of thioether (sulfide) groups is 2. The molecule has 0 saturated heterocycles. The van der Waals surface area contributed by atoms with E-state index in [0.717, 1.165) is 16.7 Å². The fourth-order valence-electron chi connectivity index (χ4n) is 0.628. The Hall–Kier alpha value is -0.160. The summed E-state index contributed by atoms with van der Waals surface area (Å²) in [6.45, 7) is 0.889. The number of nitrogens with zero attached hydrogens (tertiary/aromatic N) is 1. The molecule has 0 fully saturated rings. The lowest BCUT2D eigenvalue weighted by molar-refractivity contribution is -0.136. The van der Waals surface area contributed by atoms with Gasteiger partial charge >= 0.3 is 5.97 Å². The SMILES string of the molecule is O=C(O)CCSC1=NCCS1. The molecule has 0 unspecified atom stereocenters. The Kier molecular flexibility index (Phi) is 3.79. The van der Waals surface area contributed by atoms with Crippen molar-refractivity contribution < 1.29 is 9.90 Å². The number of carboxylic acid groups (broad SMARTS) is 1. The van der Waals surface area contributed by atoms with E-state index in [2.05, 4.69) is 4.99 Å². The molecule has 0 aliphatic carbocycles. The number of aliphatic carboxylic acids is 1. The molecule has 0 saturated carbocycles. The van der Waals surface area contributed by atoms with Gasteiger partial charge in [0.1, 0.15) is 4.38 Å². The van der Waals surface area contributed by atoms with Crippen LogP contribution in [0, 0.1) is 0 Å². The Morgan fingerprint density at radius 1 is 1.82 bits per heavy atom. The molecule has 1 aliphatic rings. The third-order valence-electron chi connectivity index (χ3n) is 1.10. The van der Waals surface area contributed by atoms with Crippen molar-refractivity contribution in [2.45, 2.75) is 6.42 Å². The van der Waals surface area contributed by atoms with E-state index in [1.54, 1.807) is 23.5 Å². The second-order valence-corrected chi connectivity index (χ2v) is 4.41. The molecule has 11 heavy (non-hydrogen) atoms. The standard InChI is InChI=1S/C6H9NO2S2/c8-5(9)1-3-10-6-7-2-4-11-6/h1-4H2,(H,8,9). The average molecular weight is 191 g/mol. The highest BCUT2D eigenvalue weighted by Gasteiger charge is 2.07. The molecular weight excluding hydrogens is 182 g/mol. The number of hydrogen-bond donors (Lipinski definition) is 1. The molecule has 0 atom stereocenters. The number of aliphatic imine (C=N–C) groups is 1. The van der Waals surface area contributed by atoms with Crippen LogP contribution in [0.3, 0.4) is 0 Å². The van der Waals surface area contributed by atoms with Crippen LogP contribution in [0.25, 0.3) is 0 Å². The van der Waals surface area contributed by atoms with E-state index in [9.17, 15) is 4.79 Å². The minimum Gasteiger partial charge on any atom is -0.481 e. The first kappa shape index (κ1) is 8.93. The molecule has 0 amide bonds. The van der Waals surface area contributed by atoms with E-state index in [0.29, 0.717) is 5.75 Å². The summed E-state index contributed by atoms with van der Waals surface area (Å²) in [6, 6.07) is 0. The zero-order chi connectivity index (χ0) is 8.10. The van der Waals surface area contributed by atoms with E-state index < -0.39 is 5.97 Å². The second-order valence-electron chi connectivity index (χ2n) is 1.99. The Labute approximate surface area is 73.7 Å². The summed E-state index contributed by atoms with van der Waals surface area (Å²) in [4.78, 5) is 14.3. The topological polar surface area (TPSA) is 49.7 Å². The fraction of sp³-hybridized carbons (Fsp3) is 0.667. The van der Waals surface area contributed by atoms with Crippen LogP contribution in [0.1, 0.15) is 6.42 Å². The molecule has 1 aliphatic heterocycles. The molecular formula is C6H9NO2S2. The summed E-state index contributed by atoms with van der Waals surface area (Å²) < 4.78 is 1.05. The van der Waals surface area contributed by atoms with Crippen LogP contribution in [0.4, 0.5) is 0 Å². The van der Waals surface area contributed by atoms with E-state index in [4.69, 9.17) is 5.11 Å². The maximum absolute atomic E-state index is 10.1. The fourth-order valence-corrected chi connectivity index (χ4v) is 2.64. The maximum atomic E-state index is 10.1. The summed E-state index contributed by atoms with van der Waals surface area (Å²) in [5.74, 6) is 0.956. The Morgan fingerprint density at radius 2 is 2.64 bits per heavy atom. The molecule has 1 N–H and O–H groups in total. The van der Waals surface area contributed by atoms with Gasteiger partial charge in [-0.1, -0.05) is 23.5 Å². The molecule has 1 rings (SSSR count). The Bertz CT molecular complexity index is 181. The highest BCUT2D eigenvalue weighted by molar-refractivity contribution is 8.39. The zero-order valence-corrected chi connectivity index (χ0v) is 7.58. The molecule has 0 bridgehead atoms. The van der Waals surface area contributed by atoms with E-state index in [-0.39, 0.29) is 6.42 Å². The van der Waals surface area contributed by atoms with E-state index in [1.165, 1.54) is 0 Å². The van der Waals surface area contributed by atoms with Crippen LogP contribution in [-0.2, 0) is 4.79 Å². The summed E-state index contributed by atoms with van der Waals surface area (Å²) in [5.41, 5.74) is 0. The first-order valence-corrected chi connectivity index (χ1v) is 5.28. The van der Waals surface area contributed by atoms with Crippen molar-refractivity contribution in [1.29, 1.82) is 0 Å². The summed E-state index contributed by atoms with van der Waals surface area (Å²) in [5, 5.41) is 8.33. The zero-order valence-electron chi connectivity index (χ0n) is 5.95. The number of rotatable bonds is 3. The quantitative estimate of drug-likeness (QED) is 0.730. The minimum absolute atomic E-state index is 0.226. The lowest BCUT2D eigenvalue weighted by Gasteiger charge is -1.95. The third kappa shape index (κ3) is 3.67. The van der Waals surface area contributed by atoms with Crippen molar-refractivity contribution >= 4 is 33.9 Å². The lowest BCUT2D eigenvalue weighted by atomic mass is 10.5. The van der Waals surface area contributed by atoms with Gasteiger partial charge in [-0.15, -0.1) is 0 Å². The lowest BCUT2D eigenvalue weighted by Crippen LogP contribution is -1.97. The molecule has 0 spiro atoms. The normalized spacial score (nSPS) is 16.5. The largest absolute Gasteiger partial charge is 0.481 e. The summed E-state index contributed by atoms with van der Waals surface area (Å²) in [6.07, 6.45) is 0.226. The van der Waals surface area contributed by atoms with Crippen LogP contribution < -0.4 is 0 Å². The van der Waals surface area contributed by atoms with Gasteiger partial charge in [-0.25, -0.2) is 0 Å². The van der Waals surface area contributed by atoms with Crippen molar-refractivity contribution in [2.24, 2.45) is 4.99 Å². The molecule has 0 aromatic rings. The number of hydrogen-bond acceptors (Lipinski definition) is 4. The van der Waals surface area contributed by atoms with Gasteiger partial charge in [0.05, 0.1) is 13.0 Å². The molecule has 0 aromatic carbocycles. The molecule has 0 aromatic heterocycles. The predicted molar refractivity (Wildman–Crippen MR) is 49.5 cm³/mol. The smallest absolute Gasteiger partial charge is 0.304 e. The van der Waals surface area contributed by atoms with Gasteiger partial charge in [-0.05, 0) is 0 Å². The first-order chi connectivity index (χ1) is 5.29. The summed E-state index contributed by atoms with van der Waals surface area (Å²) >= 11 is 3.26. The van der Waals surface area contributed by atoms with Gasteiger partial charge in [0, 0.05) is 11.5 Å². The summed E-state index contributed by atoms with van der Waals surface area (Å²) in [7, 11) is 0. The van der Waals surface area contributed by atoms with Crippen molar-refractivity contribution in [3.8, 4) is 0 Å². The molecule has 3 nitrogen and oxygen atoms in total. The van der Waals surface area contributed by atoms with Crippen LogP contribution in [0.15, 0.2) is 4.99 Å². The van der Waals surface area contributed by atoms with Gasteiger partial charge in [-0.3, -0.25) is 9.79 Å². The Morgan fingerprint density at radius 3 is 3.18 bits per heavy atom. The predicted octanol–water partition coefficient (Wildman–Crippen LogP) is 1.30. The first-order valence-electron chi connectivity index (χ1n) is 3.31. The average Bonchev–Trinajstić information content (AvgIpc) is 2.39. The minimum atomic E-state index is -0.735. The highest BCUT2D eigenvalue weighted by Crippen LogP contribution is 2.22. The van der Waals surface area contributed by atoms with Crippen molar-refractivity contribution in [1.82, 2.24) is 0 Å². The van der Waals surface area contributed by atoms with Gasteiger partial charge in [0.25, 0.3) is 0 Å². The Balaban J connectivity index is 2.07. The monoisotopic (exact) mass is 191 g/mol. The van der Waals surface area contributed by atoms with Crippen molar-refractivity contribution in [3.63, 3.8) is 0 Å². The highest BCUT2D eigenvalue weighted by atomic mass is 32.2. The molecule has 62 valence electrons. The van der Waals surface area contributed by atoms with Crippen LogP contribution >= 0.6 is 23.5 Å². The van der Waals surface area contributed by atoms with E-state index >= 15 is 0 Å². The van der Waals surface area contributed by atoms with Gasteiger partial charge in [0.2, 0.25) is 0 Å². The molecule has 1 heterocycles. The maximum Gasteiger partial charge on any atom is 0.304 e. The molecule has 0 radical (unpaired) electrons. The van der Waals surface area contributed by atoms with Crippen LogP contribution in [0.2, 0.25) is 0 Å². The number of carbonyl (C=O) groups is 1. The van der Waals surface area contributed by atoms with Crippen molar-refractivity contribution in [2.75, 3.05) is 18.1 Å². The van der Waals surface area contributed by atoms with Gasteiger partial charge in [0.15, 0.2) is 0 Å². The van der Waals surface area contributed by atoms with Gasteiger partial charge in [-0.2, -0.15) is 0 Å². The van der Waals surface area contributed by atoms with Crippen LogP contribution in [-0.4, -0.2) is 33.5 Å². The van der Waals surface area contributed by atoms with Crippen LogP contribution in [0.5, 0.6) is 0 Å². The second kappa shape index (κ2) is 4.66. The van der Waals surface area contributed by atoms with E-state index in [1.807, 2.05) is 0 Å². The molecule has 5 heteroatoms. The van der Waals surface area contributed by atoms with Gasteiger partial charge < -0.3 is 5.11 Å². The van der Waals surface area contributed by atoms with Crippen molar-refractivity contribution in [3.05, 3.63) is 0 Å².